The number of aromatic nitrogens is 3. The van der Waals surface area contributed by atoms with E-state index in [4.69, 9.17) is 5.73 Å². The van der Waals surface area contributed by atoms with Gasteiger partial charge in [0.25, 0.3) is 0 Å². The molecule has 2 aromatic rings. The monoisotopic (exact) mass is 300 g/mol. The van der Waals surface area contributed by atoms with Crippen LogP contribution >= 0.6 is 0 Å². The molecule has 0 saturated carbocycles. The average molecular weight is 300 g/mol. The number of nitrogens with zero attached hydrogens (tertiary/aromatic N) is 3. The Morgan fingerprint density at radius 2 is 2.00 bits per heavy atom. The summed E-state index contributed by atoms with van der Waals surface area (Å²) in [5, 5.41) is 7.83. The summed E-state index contributed by atoms with van der Waals surface area (Å²) in [5.74, 6) is -1.20. The predicted molar refractivity (Wildman–Crippen MR) is 67.7 cm³/mol. The molecule has 0 spiro atoms. The zero-order chi connectivity index (χ0) is 15.2. The molecule has 1 aliphatic heterocycles. The fourth-order valence-corrected chi connectivity index (χ4v) is 2.53. The van der Waals surface area contributed by atoms with E-state index >= 15 is 0 Å². The second-order valence-electron chi connectivity index (χ2n) is 5.06. The van der Waals surface area contributed by atoms with Gasteiger partial charge in [-0.1, -0.05) is 0 Å². The van der Waals surface area contributed by atoms with Crippen molar-refractivity contribution in [2.45, 2.75) is 25.6 Å². The molecule has 2 N–H and O–H groups in total. The molecule has 0 aliphatic carbocycles. The highest BCUT2D eigenvalue weighted by molar-refractivity contribution is 5.71. The summed E-state index contributed by atoms with van der Waals surface area (Å²) in [6, 6.07) is 3.71. The van der Waals surface area contributed by atoms with Crippen molar-refractivity contribution < 1.29 is 17.6 Å². The summed E-state index contributed by atoms with van der Waals surface area (Å²) in [4.78, 5) is 0. The Morgan fingerprint density at radius 3 is 2.67 bits per heavy atom. The van der Waals surface area contributed by atoms with Crippen LogP contribution in [0.25, 0.3) is 11.4 Å². The van der Waals surface area contributed by atoms with Gasteiger partial charge in [0.1, 0.15) is 11.6 Å². The summed E-state index contributed by atoms with van der Waals surface area (Å²) in [7, 11) is 0. The Bertz CT molecular complexity index is 677. The minimum absolute atomic E-state index is 0.000529. The van der Waals surface area contributed by atoms with Crippen molar-refractivity contribution in [3.05, 3.63) is 29.8 Å². The molecule has 0 amide bonds. The molecule has 3 rings (SSSR count). The minimum Gasteiger partial charge on any atom is -0.398 e. The van der Waals surface area contributed by atoms with E-state index in [-0.39, 0.29) is 30.9 Å². The molecule has 1 aliphatic rings. The first-order valence-corrected chi connectivity index (χ1v) is 6.40. The van der Waals surface area contributed by atoms with Gasteiger partial charge in [0.05, 0.1) is 5.92 Å². The lowest BCUT2D eigenvalue weighted by Gasteiger charge is -2.26. The van der Waals surface area contributed by atoms with Crippen molar-refractivity contribution in [2.75, 3.05) is 5.73 Å². The topological polar surface area (TPSA) is 56.7 Å². The largest absolute Gasteiger partial charge is 0.398 e. The Balaban J connectivity index is 2.02. The Morgan fingerprint density at radius 1 is 1.24 bits per heavy atom. The lowest BCUT2D eigenvalue weighted by Crippen LogP contribution is -2.32. The van der Waals surface area contributed by atoms with Gasteiger partial charge in [-0.3, -0.25) is 0 Å². The summed E-state index contributed by atoms with van der Waals surface area (Å²) in [6.45, 7) is -0.238. The third kappa shape index (κ3) is 2.45. The van der Waals surface area contributed by atoms with Gasteiger partial charge in [-0.15, -0.1) is 10.2 Å². The summed E-state index contributed by atoms with van der Waals surface area (Å²) < 4.78 is 53.1. The molecule has 112 valence electrons. The van der Waals surface area contributed by atoms with E-state index in [0.717, 1.165) is 6.07 Å². The van der Waals surface area contributed by atoms with Crippen molar-refractivity contribution in [3.63, 3.8) is 0 Å². The molecule has 2 heterocycles. The molecule has 8 heteroatoms. The van der Waals surface area contributed by atoms with Crippen molar-refractivity contribution in [1.29, 1.82) is 0 Å². The first-order chi connectivity index (χ1) is 9.86. The molecule has 21 heavy (non-hydrogen) atoms. The van der Waals surface area contributed by atoms with Crippen LogP contribution in [0.2, 0.25) is 0 Å². The van der Waals surface area contributed by atoms with Crippen LogP contribution in [0, 0.1) is 11.7 Å². The maximum atomic E-state index is 13.1. The van der Waals surface area contributed by atoms with E-state index in [9.17, 15) is 17.6 Å². The molecule has 1 aromatic heterocycles. The fourth-order valence-electron chi connectivity index (χ4n) is 2.53. The van der Waals surface area contributed by atoms with E-state index in [1.165, 1.54) is 16.7 Å². The molecular formula is C13H12F4N4. The number of anilines is 1. The Labute approximate surface area is 117 Å². The highest BCUT2D eigenvalue weighted by Gasteiger charge is 2.42. The van der Waals surface area contributed by atoms with Crippen LogP contribution in [-0.2, 0) is 13.0 Å². The van der Waals surface area contributed by atoms with Gasteiger partial charge in [0.15, 0.2) is 5.82 Å². The SMILES string of the molecule is Nc1cc(F)ccc1-c1nnc2n1CC(C(F)(F)F)CC2. The quantitative estimate of drug-likeness (QED) is 0.651. The van der Waals surface area contributed by atoms with Crippen molar-refractivity contribution in [3.8, 4) is 11.4 Å². The maximum absolute atomic E-state index is 13.1. The lowest BCUT2D eigenvalue weighted by molar-refractivity contribution is -0.182. The van der Waals surface area contributed by atoms with Gasteiger partial charge < -0.3 is 10.3 Å². The third-order valence-electron chi connectivity index (χ3n) is 3.66. The number of rotatable bonds is 1. The van der Waals surface area contributed by atoms with E-state index in [1.807, 2.05) is 0 Å². The van der Waals surface area contributed by atoms with E-state index < -0.39 is 17.9 Å². The molecule has 0 fully saturated rings. The molecular weight excluding hydrogens is 288 g/mol. The molecule has 1 unspecified atom stereocenters. The molecule has 0 saturated heterocycles. The number of aryl methyl sites for hydroxylation is 1. The number of nitrogen functional groups attached to an aromatic ring is 1. The number of hydrogen-bond donors (Lipinski definition) is 1. The molecule has 0 radical (unpaired) electrons. The summed E-state index contributed by atoms with van der Waals surface area (Å²) in [6.07, 6.45) is -4.05. The first-order valence-electron chi connectivity index (χ1n) is 6.40. The van der Waals surface area contributed by atoms with Gasteiger partial charge in [-0.2, -0.15) is 13.2 Å². The van der Waals surface area contributed by atoms with E-state index in [0.29, 0.717) is 11.4 Å². The Kier molecular flexibility index (Phi) is 3.11. The number of nitrogens with two attached hydrogens (primary N) is 1. The van der Waals surface area contributed by atoms with Gasteiger partial charge >= 0.3 is 6.18 Å². The predicted octanol–water partition coefficient (Wildman–Crippen LogP) is 2.79. The van der Waals surface area contributed by atoms with Crippen molar-refractivity contribution in [2.24, 2.45) is 5.92 Å². The van der Waals surface area contributed by atoms with Crippen molar-refractivity contribution in [1.82, 2.24) is 14.8 Å². The second-order valence-corrected chi connectivity index (χ2v) is 5.06. The first kappa shape index (κ1) is 13.8. The number of hydrogen-bond acceptors (Lipinski definition) is 3. The number of fused-ring (bicyclic) bond motifs is 1. The average Bonchev–Trinajstić information content (AvgIpc) is 2.80. The van der Waals surface area contributed by atoms with Gasteiger partial charge in [0.2, 0.25) is 0 Å². The van der Waals surface area contributed by atoms with E-state index in [1.54, 1.807) is 0 Å². The number of halogens is 4. The second kappa shape index (κ2) is 4.71. The van der Waals surface area contributed by atoms with E-state index in [2.05, 4.69) is 10.2 Å². The maximum Gasteiger partial charge on any atom is 0.393 e. The number of alkyl halides is 3. The summed E-state index contributed by atoms with van der Waals surface area (Å²) >= 11 is 0. The van der Waals surface area contributed by atoms with Gasteiger partial charge in [0, 0.05) is 24.2 Å². The van der Waals surface area contributed by atoms with Crippen LogP contribution in [0.3, 0.4) is 0 Å². The van der Waals surface area contributed by atoms with Gasteiger partial charge in [-0.05, 0) is 24.6 Å². The number of benzene rings is 1. The minimum atomic E-state index is -4.26. The smallest absolute Gasteiger partial charge is 0.393 e. The highest BCUT2D eigenvalue weighted by atomic mass is 19.4. The fraction of sp³-hybridized carbons (Fsp3) is 0.385. The zero-order valence-electron chi connectivity index (χ0n) is 10.9. The lowest BCUT2D eigenvalue weighted by atomic mass is 9.98. The van der Waals surface area contributed by atoms with Crippen molar-refractivity contribution >= 4 is 5.69 Å². The molecule has 4 nitrogen and oxygen atoms in total. The third-order valence-corrected chi connectivity index (χ3v) is 3.66. The van der Waals surface area contributed by atoms with Crippen LogP contribution in [0.1, 0.15) is 12.2 Å². The zero-order valence-corrected chi connectivity index (χ0v) is 10.9. The van der Waals surface area contributed by atoms with Gasteiger partial charge in [-0.25, -0.2) is 4.39 Å². The normalized spacial score (nSPS) is 18.6. The molecule has 0 bridgehead atoms. The molecule has 1 aromatic carbocycles. The van der Waals surface area contributed by atoms with Crippen LogP contribution in [0.15, 0.2) is 18.2 Å². The standard InChI is InChI=1S/C13H12F4N4/c14-8-2-3-9(10(18)5-8)12-20-19-11-4-1-7(6-21(11)12)13(15,16)17/h2-3,5,7H,1,4,6,18H2. The highest BCUT2D eigenvalue weighted by Crippen LogP contribution is 2.36. The van der Waals surface area contributed by atoms with Crippen LogP contribution in [-0.4, -0.2) is 20.9 Å². The van der Waals surface area contributed by atoms with Crippen LogP contribution in [0.4, 0.5) is 23.2 Å². The van der Waals surface area contributed by atoms with Crippen LogP contribution < -0.4 is 5.73 Å². The summed E-state index contributed by atoms with van der Waals surface area (Å²) in [5.41, 5.74) is 6.23. The van der Waals surface area contributed by atoms with Crippen LogP contribution in [0.5, 0.6) is 0 Å². The Hall–Kier alpha value is -2.12. The molecule has 1 atom stereocenters.